The number of alkyl halides is 1. The third-order valence-electron chi connectivity index (χ3n) is 7.82. The standard InChI is InChI=1S/C28H34F2N2O3/c1-34-27(28(30)12-5-13-28)32-14-11-23(31-26(33)25-10-4-15-35-25)24(32)17-19-6-2-7-20(16-19)21-8-3-9-22(29)18-21/h2-3,6-9,16,18,23-25,27H,4-5,10-15,17H2,1H3,(H,31,33)/t23-,24-,25-,27?/m0/s1. The van der Waals surface area contributed by atoms with Crippen LogP contribution in [0.5, 0.6) is 0 Å². The normalized spacial score (nSPS) is 26.9. The number of rotatable bonds is 8. The zero-order valence-electron chi connectivity index (χ0n) is 20.2. The predicted molar refractivity (Wildman–Crippen MR) is 130 cm³/mol. The summed E-state index contributed by atoms with van der Waals surface area (Å²) >= 11 is 0. The van der Waals surface area contributed by atoms with Gasteiger partial charge in [-0.2, -0.15) is 0 Å². The SMILES string of the molecule is COC(N1CC[C@H](NC(=O)[C@@H]2CCCO2)[C@@H]1Cc1cccc(-c2cccc(F)c2)c1)C1(F)CCC1. The molecule has 0 bridgehead atoms. The fraction of sp³-hybridized carbons (Fsp3) is 0.536. The fourth-order valence-electron chi connectivity index (χ4n) is 5.85. The van der Waals surface area contributed by atoms with Gasteiger partial charge in [-0.1, -0.05) is 36.4 Å². The van der Waals surface area contributed by atoms with Gasteiger partial charge in [-0.3, -0.25) is 9.69 Å². The van der Waals surface area contributed by atoms with Gasteiger partial charge < -0.3 is 14.8 Å². The molecule has 1 saturated carbocycles. The highest BCUT2D eigenvalue weighted by atomic mass is 19.1. The molecule has 1 aliphatic carbocycles. The molecule has 0 radical (unpaired) electrons. The lowest BCUT2D eigenvalue weighted by Crippen LogP contribution is -2.59. The van der Waals surface area contributed by atoms with E-state index in [1.165, 1.54) is 12.1 Å². The number of benzene rings is 2. The molecule has 3 aliphatic rings. The summed E-state index contributed by atoms with van der Waals surface area (Å²) in [5.41, 5.74) is 1.43. The van der Waals surface area contributed by atoms with Crippen LogP contribution in [0.25, 0.3) is 11.1 Å². The second-order valence-electron chi connectivity index (χ2n) is 10.1. The molecule has 188 valence electrons. The first-order chi connectivity index (χ1) is 17.0. The Balaban J connectivity index is 1.40. The van der Waals surface area contributed by atoms with Gasteiger partial charge in [-0.15, -0.1) is 0 Å². The van der Waals surface area contributed by atoms with Crippen molar-refractivity contribution in [1.82, 2.24) is 10.2 Å². The number of carbonyl (C=O) groups is 1. The van der Waals surface area contributed by atoms with Crippen molar-refractivity contribution < 1.29 is 23.0 Å². The van der Waals surface area contributed by atoms with E-state index in [9.17, 15) is 9.18 Å². The zero-order valence-corrected chi connectivity index (χ0v) is 20.2. The first kappa shape index (κ1) is 24.3. The van der Waals surface area contributed by atoms with E-state index in [1.54, 1.807) is 13.2 Å². The second kappa shape index (κ2) is 10.3. The molecule has 2 aromatic carbocycles. The number of amides is 1. The molecule has 35 heavy (non-hydrogen) atoms. The van der Waals surface area contributed by atoms with E-state index in [1.807, 2.05) is 24.3 Å². The number of methoxy groups -OCH3 is 1. The van der Waals surface area contributed by atoms with Gasteiger partial charge in [0.25, 0.3) is 0 Å². The van der Waals surface area contributed by atoms with E-state index >= 15 is 4.39 Å². The minimum atomic E-state index is -1.36. The van der Waals surface area contributed by atoms with E-state index in [2.05, 4.69) is 16.3 Å². The number of halogens is 2. The number of hydrogen-bond donors (Lipinski definition) is 1. The fourth-order valence-corrected chi connectivity index (χ4v) is 5.85. The van der Waals surface area contributed by atoms with E-state index in [4.69, 9.17) is 9.47 Å². The van der Waals surface area contributed by atoms with Gasteiger partial charge in [-0.25, -0.2) is 8.78 Å². The maximum Gasteiger partial charge on any atom is 0.249 e. The third kappa shape index (κ3) is 5.13. The van der Waals surface area contributed by atoms with Crippen molar-refractivity contribution in [3.05, 3.63) is 59.9 Å². The molecule has 2 aromatic rings. The van der Waals surface area contributed by atoms with Crippen LogP contribution in [0.4, 0.5) is 8.78 Å². The number of carbonyl (C=O) groups excluding carboxylic acids is 1. The lowest BCUT2D eigenvalue weighted by molar-refractivity contribution is -0.165. The number of ether oxygens (including phenoxy) is 2. The third-order valence-corrected chi connectivity index (χ3v) is 7.82. The predicted octanol–water partition coefficient (Wildman–Crippen LogP) is 4.64. The summed E-state index contributed by atoms with van der Waals surface area (Å²) < 4.78 is 40.7. The molecule has 0 spiro atoms. The first-order valence-electron chi connectivity index (χ1n) is 12.7. The van der Waals surface area contributed by atoms with Gasteiger partial charge in [0.2, 0.25) is 5.91 Å². The van der Waals surface area contributed by atoms with Crippen LogP contribution in [-0.4, -0.2) is 61.2 Å². The summed E-state index contributed by atoms with van der Waals surface area (Å²) in [6.45, 7) is 1.26. The van der Waals surface area contributed by atoms with E-state index in [0.29, 0.717) is 32.4 Å². The number of nitrogens with zero attached hydrogens (tertiary/aromatic N) is 1. The zero-order chi connectivity index (χ0) is 24.4. The Morgan fingerprint density at radius 1 is 1.17 bits per heavy atom. The highest BCUT2D eigenvalue weighted by molar-refractivity contribution is 5.81. The maximum atomic E-state index is 15.6. The summed E-state index contributed by atoms with van der Waals surface area (Å²) in [5, 5.41) is 3.21. The summed E-state index contributed by atoms with van der Waals surface area (Å²) in [6, 6.07) is 14.3. The van der Waals surface area contributed by atoms with Crippen molar-refractivity contribution in [1.29, 1.82) is 0 Å². The van der Waals surface area contributed by atoms with Crippen LogP contribution in [0.15, 0.2) is 48.5 Å². The van der Waals surface area contributed by atoms with Gasteiger partial charge in [0, 0.05) is 32.3 Å². The summed E-state index contributed by atoms with van der Waals surface area (Å²) in [4.78, 5) is 15.0. The molecule has 1 amide bonds. The van der Waals surface area contributed by atoms with Crippen LogP contribution >= 0.6 is 0 Å². The summed E-state index contributed by atoms with van der Waals surface area (Å²) in [5.74, 6) is -0.358. The number of likely N-dealkylation sites (tertiary alicyclic amines) is 1. The molecular weight excluding hydrogens is 450 g/mol. The van der Waals surface area contributed by atoms with Crippen LogP contribution in [0.2, 0.25) is 0 Å². The highest BCUT2D eigenvalue weighted by Gasteiger charge is 2.52. The van der Waals surface area contributed by atoms with Crippen LogP contribution < -0.4 is 5.32 Å². The van der Waals surface area contributed by atoms with Crippen molar-refractivity contribution in [2.24, 2.45) is 0 Å². The maximum absolute atomic E-state index is 15.6. The highest BCUT2D eigenvalue weighted by Crippen LogP contribution is 2.43. The smallest absolute Gasteiger partial charge is 0.249 e. The molecule has 2 heterocycles. The lowest BCUT2D eigenvalue weighted by atomic mass is 9.79. The Hall–Kier alpha value is -2.35. The van der Waals surface area contributed by atoms with Crippen LogP contribution in [0.3, 0.4) is 0 Å². The minimum Gasteiger partial charge on any atom is -0.368 e. The molecule has 5 rings (SSSR count). The van der Waals surface area contributed by atoms with Crippen molar-refractivity contribution in [2.45, 2.75) is 75.0 Å². The Labute approximate surface area is 205 Å². The van der Waals surface area contributed by atoms with Gasteiger partial charge >= 0.3 is 0 Å². The number of nitrogens with one attached hydrogen (secondary N) is 1. The van der Waals surface area contributed by atoms with Gasteiger partial charge in [0.05, 0.1) is 0 Å². The van der Waals surface area contributed by atoms with Crippen molar-refractivity contribution >= 4 is 5.91 Å². The molecule has 0 aromatic heterocycles. The minimum absolute atomic E-state index is 0.0829. The number of hydrogen-bond acceptors (Lipinski definition) is 4. The van der Waals surface area contributed by atoms with Crippen LogP contribution in [0, 0.1) is 5.82 Å². The van der Waals surface area contributed by atoms with Crippen LogP contribution in [0.1, 0.15) is 44.1 Å². The molecule has 2 aliphatic heterocycles. The molecular formula is C28H34F2N2O3. The first-order valence-corrected chi connectivity index (χ1v) is 12.7. The summed E-state index contributed by atoms with van der Waals surface area (Å²) in [7, 11) is 1.57. The lowest BCUT2D eigenvalue weighted by Gasteiger charge is -2.46. The van der Waals surface area contributed by atoms with Crippen molar-refractivity contribution in [3.8, 4) is 11.1 Å². The Bertz CT molecular complexity index is 1040. The Morgan fingerprint density at radius 2 is 1.94 bits per heavy atom. The van der Waals surface area contributed by atoms with E-state index < -0.39 is 18.0 Å². The molecule has 2 saturated heterocycles. The van der Waals surface area contributed by atoms with Crippen molar-refractivity contribution in [2.75, 3.05) is 20.3 Å². The topological polar surface area (TPSA) is 50.8 Å². The van der Waals surface area contributed by atoms with Crippen molar-refractivity contribution in [3.63, 3.8) is 0 Å². The second-order valence-corrected chi connectivity index (χ2v) is 10.1. The molecule has 3 fully saturated rings. The Kier molecular flexibility index (Phi) is 7.19. The molecule has 1 N–H and O–H groups in total. The largest absolute Gasteiger partial charge is 0.368 e. The monoisotopic (exact) mass is 484 g/mol. The quantitative estimate of drug-likeness (QED) is 0.593. The molecule has 7 heteroatoms. The average Bonchev–Trinajstić information content (AvgIpc) is 3.50. The molecule has 4 atom stereocenters. The van der Waals surface area contributed by atoms with Crippen LogP contribution in [-0.2, 0) is 20.7 Å². The van der Waals surface area contributed by atoms with Gasteiger partial charge in [0.1, 0.15) is 18.1 Å². The van der Waals surface area contributed by atoms with E-state index in [-0.39, 0.29) is 23.8 Å². The molecule has 1 unspecified atom stereocenters. The van der Waals surface area contributed by atoms with Gasteiger partial charge in [-0.05, 0) is 73.8 Å². The summed E-state index contributed by atoms with van der Waals surface area (Å²) in [6.07, 6.45) is 3.78. The molecule has 5 nitrogen and oxygen atoms in total. The van der Waals surface area contributed by atoms with E-state index in [0.717, 1.165) is 42.4 Å². The van der Waals surface area contributed by atoms with Gasteiger partial charge in [0.15, 0.2) is 5.67 Å². The Morgan fingerprint density at radius 3 is 2.60 bits per heavy atom. The average molecular weight is 485 g/mol.